The van der Waals surface area contributed by atoms with E-state index < -0.39 is 0 Å². The zero-order valence-corrected chi connectivity index (χ0v) is 13.8. The largest absolute Gasteiger partial charge is 0.396 e. The van der Waals surface area contributed by atoms with Crippen LogP contribution in [0.25, 0.3) is 0 Å². The number of rotatable bonds is 5. The Kier molecular flexibility index (Phi) is 4.66. The van der Waals surface area contributed by atoms with Gasteiger partial charge in [-0.3, -0.25) is 9.48 Å². The first kappa shape index (κ1) is 16.6. The molecule has 1 aliphatic rings. The quantitative estimate of drug-likeness (QED) is 0.904. The number of benzene rings is 1. The average Bonchev–Trinajstić information content (AvgIpc) is 3.17. The summed E-state index contributed by atoms with van der Waals surface area (Å²) in [5.41, 5.74) is 1.38. The van der Waals surface area contributed by atoms with Gasteiger partial charge in [-0.05, 0) is 36.6 Å². The van der Waals surface area contributed by atoms with Crippen molar-refractivity contribution in [3.05, 3.63) is 53.6 Å². The smallest absolute Gasteiger partial charge is 0.228 e. The molecule has 1 fully saturated rings. The molecule has 1 N–H and O–H groups in total. The fourth-order valence-electron chi connectivity index (χ4n) is 3.34. The number of hydrogen-bond acceptors (Lipinski definition) is 3. The SMILES string of the molecule is Cn1ccc(CC(=O)N2CCC(CO)(Cc3ccc(F)cc3)C2)n1. The van der Waals surface area contributed by atoms with Gasteiger partial charge in [-0.15, -0.1) is 0 Å². The maximum absolute atomic E-state index is 13.0. The molecule has 6 heteroatoms. The minimum atomic E-state index is -0.350. The lowest BCUT2D eigenvalue weighted by Gasteiger charge is -2.27. The normalized spacial score (nSPS) is 20.5. The molecule has 0 spiro atoms. The van der Waals surface area contributed by atoms with Gasteiger partial charge in [-0.25, -0.2) is 4.39 Å². The summed E-state index contributed by atoms with van der Waals surface area (Å²) in [5, 5.41) is 14.1. The maximum Gasteiger partial charge on any atom is 0.228 e. The summed E-state index contributed by atoms with van der Waals surface area (Å²) in [6, 6.07) is 8.18. The summed E-state index contributed by atoms with van der Waals surface area (Å²) in [4.78, 5) is 14.3. The van der Waals surface area contributed by atoms with E-state index >= 15 is 0 Å². The zero-order valence-electron chi connectivity index (χ0n) is 13.8. The average molecular weight is 331 g/mol. The molecule has 0 aliphatic carbocycles. The number of carbonyl (C=O) groups excluding carboxylic acids is 1. The minimum absolute atomic E-state index is 0.0117. The number of halogens is 1. The van der Waals surface area contributed by atoms with Gasteiger partial charge in [0.25, 0.3) is 0 Å². The maximum atomic E-state index is 13.0. The third-order valence-electron chi connectivity index (χ3n) is 4.72. The third kappa shape index (κ3) is 3.64. The molecule has 24 heavy (non-hydrogen) atoms. The molecule has 0 bridgehead atoms. The number of aliphatic hydroxyl groups is 1. The van der Waals surface area contributed by atoms with E-state index in [9.17, 15) is 14.3 Å². The van der Waals surface area contributed by atoms with Gasteiger partial charge in [0.2, 0.25) is 5.91 Å². The number of aliphatic hydroxyl groups excluding tert-OH is 1. The van der Waals surface area contributed by atoms with Crippen LogP contribution >= 0.6 is 0 Å². The number of aryl methyl sites for hydroxylation is 1. The fourth-order valence-corrected chi connectivity index (χ4v) is 3.34. The molecule has 5 nitrogen and oxygen atoms in total. The van der Waals surface area contributed by atoms with Crippen molar-refractivity contribution in [1.29, 1.82) is 0 Å². The Bertz CT molecular complexity index is 713. The molecule has 3 rings (SSSR count). The van der Waals surface area contributed by atoms with E-state index in [1.54, 1.807) is 21.7 Å². The first-order valence-corrected chi connectivity index (χ1v) is 8.11. The van der Waals surface area contributed by atoms with Crippen molar-refractivity contribution in [2.75, 3.05) is 19.7 Å². The van der Waals surface area contributed by atoms with Crippen molar-refractivity contribution in [2.24, 2.45) is 12.5 Å². The van der Waals surface area contributed by atoms with Crippen LogP contribution in [0.3, 0.4) is 0 Å². The number of hydrogen-bond donors (Lipinski definition) is 1. The predicted octanol–water partition coefficient (Wildman–Crippen LogP) is 1.56. The van der Waals surface area contributed by atoms with Crippen molar-refractivity contribution in [1.82, 2.24) is 14.7 Å². The molecule has 1 saturated heterocycles. The highest BCUT2D eigenvalue weighted by atomic mass is 19.1. The highest BCUT2D eigenvalue weighted by Gasteiger charge is 2.39. The summed E-state index contributed by atoms with van der Waals surface area (Å²) in [6.45, 7) is 1.16. The topological polar surface area (TPSA) is 58.4 Å². The molecular weight excluding hydrogens is 309 g/mol. The van der Waals surface area contributed by atoms with Crippen LogP contribution in [0.4, 0.5) is 4.39 Å². The molecule has 128 valence electrons. The Morgan fingerprint density at radius 1 is 1.33 bits per heavy atom. The van der Waals surface area contributed by atoms with Crippen molar-refractivity contribution in [2.45, 2.75) is 19.3 Å². The van der Waals surface area contributed by atoms with Gasteiger partial charge in [-0.2, -0.15) is 5.10 Å². The highest BCUT2D eigenvalue weighted by Crippen LogP contribution is 2.34. The summed E-state index contributed by atoms with van der Waals surface area (Å²) in [5.74, 6) is -0.237. The molecular formula is C18H22FN3O2. The predicted molar refractivity (Wildman–Crippen MR) is 87.7 cm³/mol. The fraction of sp³-hybridized carbons (Fsp3) is 0.444. The van der Waals surface area contributed by atoms with Gasteiger partial charge in [0.15, 0.2) is 0 Å². The molecule has 1 aliphatic heterocycles. The third-order valence-corrected chi connectivity index (χ3v) is 4.72. The van der Waals surface area contributed by atoms with E-state index in [4.69, 9.17) is 0 Å². The number of aromatic nitrogens is 2. The summed E-state index contributed by atoms with van der Waals surface area (Å²) in [7, 11) is 1.82. The molecule has 0 saturated carbocycles. The Morgan fingerprint density at radius 3 is 2.71 bits per heavy atom. The zero-order chi connectivity index (χ0) is 17.2. The Balaban J connectivity index is 1.64. The van der Waals surface area contributed by atoms with Crippen molar-refractivity contribution >= 4 is 5.91 Å². The van der Waals surface area contributed by atoms with Crippen LogP contribution in [0.5, 0.6) is 0 Å². The van der Waals surface area contributed by atoms with E-state index in [-0.39, 0.29) is 30.2 Å². The first-order valence-electron chi connectivity index (χ1n) is 8.11. The summed E-state index contributed by atoms with van der Waals surface area (Å²) in [6.07, 6.45) is 3.48. The number of amides is 1. The lowest BCUT2D eigenvalue weighted by molar-refractivity contribution is -0.130. The Morgan fingerprint density at radius 2 is 2.08 bits per heavy atom. The second kappa shape index (κ2) is 6.73. The number of carbonyl (C=O) groups is 1. The monoisotopic (exact) mass is 331 g/mol. The molecule has 2 heterocycles. The lowest BCUT2D eigenvalue weighted by Crippen LogP contribution is -2.36. The molecule has 1 amide bonds. The summed E-state index contributed by atoms with van der Waals surface area (Å²) < 4.78 is 14.7. The van der Waals surface area contributed by atoms with Crippen molar-refractivity contribution < 1.29 is 14.3 Å². The van der Waals surface area contributed by atoms with Crippen molar-refractivity contribution in [3.8, 4) is 0 Å². The minimum Gasteiger partial charge on any atom is -0.396 e. The Hall–Kier alpha value is -2.21. The van der Waals surface area contributed by atoms with E-state index in [0.29, 0.717) is 19.5 Å². The number of nitrogens with zero attached hydrogens (tertiary/aromatic N) is 3. The standard InChI is InChI=1S/C18H22FN3O2/c1-21-8-6-16(20-21)10-17(24)22-9-7-18(12-22,13-23)11-14-2-4-15(19)5-3-14/h2-6,8,23H,7,9-13H2,1H3. The van der Waals surface area contributed by atoms with Crippen LogP contribution < -0.4 is 0 Å². The highest BCUT2D eigenvalue weighted by molar-refractivity contribution is 5.78. The van der Waals surface area contributed by atoms with Crippen LogP contribution in [0.1, 0.15) is 17.7 Å². The summed E-state index contributed by atoms with van der Waals surface area (Å²) >= 11 is 0. The molecule has 0 radical (unpaired) electrons. The van der Waals surface area contributed by atoms with Crippen molar-refractivity contribution in [3.63, 3.8) is 0 Å². The van der Waals surface area contributed by atoms with Gasteiger partial charge >= 0.3 is 0 Å². The van der Waals surface area contributed by atoms with E-state index in [1.807, 2.05) is 19.3 Å². The molecule has 2 aromatic rings. The molecule has 1 atom stereocenters. The van der Waals surface area contributed by atoms with Gasteiger partial charge in [0, 0.05) is 31.7 Å². The lowest BCUT2D eigenvalue weighted by atomic mass is 9.81. The van der Waals surface area contributed by atoms with Gasteiger partial charge < -0.3 is 10.0 Å². The van der Waals surface area contributed by atoms with Crippen LogP contribution in [0.2, 0.25) is 0 Å². The van der Waals surface area contributed by atoms with E-state index in [1.165, 1.54) is 12.1 Å². The van der Waals surface area contributed by atoms with Crippen LogP contribution in [-0.4, -0.2) is 45.4 Å². The van der Waals surface area contributed by atoms with Crippen LogP contribution in [-0.2, 0) is 24.7 Å². The van der Waals surface area contributed by atoms with E-state index in [0.717, 1.165) is 17.7 Å². The molecule has 1 aromatic carbocycles. The number of likely N-dealkylation sites (tertiary alicyclic amines) is 1. The van der Waals surface area contributed by atoms with Crippen LogP contribution in [0.15, 0.2) is 36.5 Å². The first-order chi connectivity index (χ1) is 11.5. The van der Waals surface area contributed by atoms with Crippen LogP contribution in [0, 0.1) is 11.2 Å². The molecule has 1 unspecified atom stereocenters. The second-order valence-corrected chi connectivity index (χ2v) is 6.68. The Labute approximate surface area is 140 Å². The molecule has 1 aromatic heterocycles. The van der Waals surface area contributed by atoms with Gasteiger partial charge in [0.05, 0.1) is 18.7 Å². The van der Waals surface area contributed by atoms with Gasteiger partial charge in [-0.1, -0.05) is 12.1 Å². The van der Waals surface area contributed by atoms with Gasteiger partial charge in [0.1, 0.15) is 5.82 Å². The van der Waals surface area contributed by atoms with E-state index in [2.05, 4.69) is 5.10 Å². The second-order valence-electron chi connectivity index (χ2n) is 6.68.